The summed E-state index contributed by atoms with van der Waals surface area (Å²) in [7, 11) is 3.63. The molecule has 1 unspecified atom stereocenters. The van der Waals surface area contributed by atoms with E-state index in [1.807, 2.05) is 7.05 Å². The fraction of sp³-hybridized carbons (Fsp3) is 0.800. The number of guanidine groups is 1. The summed E-state index contributed by atoms with van der Waals surface area (Å²) in [5, 5.41) is 3.06. The van der Waals surface area contributed by atoms with Crippen molar-refractivity contribution in [2.75, 3.05) is 27.2 Å². The Labute approximate surface area is 90.7 Å². The Morgan fingerprint density at radius 2 is 2.40 bits per heavy atom. The van der Waals surface area contributed by atoms with Crippen molar-refractivity contribution in [1.82, 2.24) is 10.2 Å². The fourth-order valence-corrected chi connectivity index (χ4v) is 2.12. The minimum Gasteiger partial charge on any atom is -0.370 e. The van der Waals surface area contributed by atoms with E-state index in [1.54, 1.807) is 7.05 Å². The van der Waals surface area contributed by atoms with E-state index in [9.17, 15) is 4.79 Å². The molecule has 1 aliphatic rings. The zero-order valence-corrected chi connectivity index (χ0v) is 9.49. The van der Waals surface area contributed by atoms with E-state index in [4.69, 9.17) is 5.73 Å². The number of primary amides is 1. The van der Waals surface area contributed by atoms with E-state index in [2.05, 4.69) is 15.2 Å². The van der Waals surface area contributed by atoms with Crippen LogP contribution in [0.3, 0.4) is 0 Å². The largest absolute Gasteiger partial charge is 0.370 e. The Bertz CT molecular complexity index is 252. The first-order valence-electron chi connectivity index (χ1n) is 5.35. The molecule has 1 aliphatic heterocycles. The lowest BCUT2D eigenvalue weighted by Crippen LogP contribution is -2.46. The maximum Gasteiger partial charge on any atom is 0.217 e. The van der Waals surface area contributed by atoms with E-state index in [0.717, 1.165) is 31.9 Å². The Morgan fingerprint density at radius 3 is 2.93 bits per heavy atom. The molecule has 3 N–H and O–H groups in total. The number of hydrogen-bond acceptors (Lipinski definition) is 2. The lowest BCUT2D eigenvalue weighted by atomic mass is 9.95. The zero-order chi connectivity index (χ0) is 11.3. The average Bonchev–Trinajstić information content (AvgIpc) is 2.19. The van der Waals surface area contributed by atoms with Crippen LogP contribution in [-0.4, -0.2) is 44.0 Å². The molecule has 1 rings (SSSR count). The monoisotopic (exact) mass is 212 g/mol. The standard InChI is InChI=1S/C10H20N4O/c1-12-10(13-2)14-5-3-4-8(7-14)6-9(11)15/h8H,3-7H2,1-2H3,(H2,11,15)(H,12,13). The number of aliphatic imine (C=N–C) groups is 1. The molecule has 1 saturated heterocycles. The first kappa shape index (κ1) is 11.8. The van der Waals surface area contributed by atoms with Crippen LogP contribution in [0.2, 0.25) is 0 Å². The molecule has 0 aliphatic carbocycles. The average molecular weight is 212 g/mol. The van der Waals surface area contributed by atoms with Gasteiger partial charge in [0.2, 0.25) is 5.91 Å². The van der Waals surface area contributed by atoms with Crippen LogP contribution in [-0.2, 0) is 4.79 Å². The summed E-state index contributed by atoms with van der Waals surface area (Å²) < 4.78 is 0. The van der Waals surface area contributed by atoms with Crippen molar-refractivity contribution in [2.45, 2.75) is 19.3 Å². The molecule has 0 aromatic heterocycles. The highest BCUT2D eigenvalue weighted by molar-refractivity contribution is 5.80. The van der Waals surface area contributed by atoms with Crippen molar-refractivity contribution in [2.24, 2.45) is 16.6 Å². The van der Waals surface area contributed by atoms with Crippen LogP contribution in [0.4, 0.5) is 0 Å². The minimum absolute atomic E-state index is 0.207. The Balaban J connectivity index is 2.51. The van der Waals surface area contributed by atoms with E-state index < -0.39 is 0 Å². The molecule has 1 atom stereocenters. The molecule has 0 aromatic rings. The van der Waals surface area contributed by atoms with Gasteiger partial charge in [-0.2, -0.15) is 0 Å². The van der Waals surface area contributed by atoms with Gasteiger partial charge in [-0.25, -0.2) is 0 Å². The van der Waals surface area contributed by atoms with Gasteiger partial charge in [0.15, 0.2) is 5.96 Å². The third-order valence-corrected chi connectivity index (χ3v) is 2.74. The van der Waals surface area contributed by atoms with Crippen molar-refractivity contribution in [3.05, 3.63) is 0 Å². The molecule has 5 heteroatoms. The number of rotatable bonds is 2. The number of likely N-dealkylation sites (tertiary alicyclic amines) is 1. The van der Waals surface area contributed by atoms with Gasteiger partial charge in [0.25, 0.3) is 0 Å². The summed E-state index contributed by atoms with van der Waals surface area (Å²) in [5.41, 5.74) is 5.21. The van der Waals surface area contributed by atoms with E-state index in [0.29, 0.717) is 12.3 Å². The lowest BCUT2D eigenvalue weighted by molar-refractivity contribution is -0.119. The molecule has 0 bridgehead atoms. The highest BCUT2D eigenvalue weighted by Gasteiger charge is 2.22. The Hall–Kier alpha value is -1.26. The van der Waals surface area contributed by atoms with E-state index in [-0.39, 0.29) is 5.91 Å². The van der Waals surface area contributed by atoms with Gasteiger partial charge in [0.1, 0.15) is 0 Å². The molecule has 0 radical (unpaired) electrons. The third kappa shape index (κ3) is 3.42. The molecule has 15 heavy (non-hydrogen) atoms. The number of hydrogen-bond donors (Lipinski definition) is 2. The highest BCUT2D eigenvalue weighted by Crippen LogP contribution is 2.19. The van der Waals surface area contributed by atoms with Gasteiger partial charge in [-0.05, 0) is 18.8 Å². The van der Waals surface area contributed by atoms with Crippen molar-refractivity contribution >= 4 is 11.9 Å². The molecular formula is C10H20N4O. The van der Waals surface area contributed by atoms with Crippen molar-refractivity contribution in [3.8, 4) is 0 Å². The molecule has 86 valence electrons. The first-order chi connectivity index (χ1) is 7.17. The SMILES string of the molecule is CN=C(NC)N1CCCC(CC(N)=O)C1. The van der Waals surface area contributed by atoms with Crippen molar-refractivity contribution in [3.63, 3.8) is 0 Å². The van der Waals surface area contributed by atoms with Crippen LogP contribution in [0, 0.1) is 5.92 Å². The smallest absolute Gasteiger partial charge is 0.217 e. The van der Waals surface area contributed by atoms with Crippen LogP contribution >= 0.6 is 0 Å². The summed E-state index contributed by atoms with van der Waals surface area (Å²) >= 11 is 0. The van der Waals surface area contributed by atoms with E-state index in [1.165, 1.54) is 0 Å². The topological polar surface area (TPSA) is 70.7 Å². The summed E-state index contributed by atoms with van der Waals surface area (Å²) in [4.78, 5) is 17.2. The van der Waals surface area contributed by atoms with Gasteiger partial charge in [0.05, 0.1) is 0 Å². The van der Waals surface area contributed by atoms with Gasteiger partial charge < -0.3 is 16.0 Å². The molecule has 1 heterocycles. The predicted molar refractivity (Wildman–Crippen MR) is 60.5 cm³/mol. The van der Waals surface area contributed by atoms with Gasteiger partial charge in [-0.1, -0.05) is 0 Å². The number of amides is 1. The van der Waals surface area contributed by atoms with Gasteiger partial charge in [-0.3, -0.25) is 9.79 Å². The highest BCUT2D eigenvalue weighted by atomic mass is 16.1. The second kappa shape index (κ2) is 5.58. The lowest BCUT2D eigenvalue weighted by Gasteiger charge is -2.34. The summed E-state index contributed by atoms with van der Waals surface area (Å²) in [6.45, 7) is 1.87. The van der Waals surface area contributed by atoms with Crippen molar-refractivity contribution < 1.29 is 4.79 Å². The third-order valence-electron chi connectivity index (χ3n) is 2.74. The van der Waals surface area contributed by atoms with Crippen LogP contribution < -0.4 is 11.1 Å². The van der Waals surface area contributed by atoms with Gasteiger partial charge in [-0.15, -0.1) is 0 Å². The molecule has 1 amide bonds. The number of nitrogens with two attached hydrogens (primary N) is 1. The zero-order valence-electron chi connectivity index (χ0n) is 9.49. The Kier molecular flexibility index (Phi) is 4.39. The first-order valence-corrected chi connectivity index (χ1v) is 5.35. The molecule has 5 nitrogen and oxygen atoms in total. The van der Waals surface area contributed by atoms with Crippen LogP contribution in [0.1, 0.15) is 19.3 Å². The maximum absolute atomic E-state index is 10.8. The predicted octanol–water partition coefficient (Wildman–Crippen LogP) is -0.221. The maximum atomic E-state index is 10.8. The van der Waals surface area contributed by atoms with Gasteiger partial charge in [0, 0.05) is 33.6 Å². The van der Waals surface area contributed by atoms with Crippen LogP contribution in [0.25, 0.3) is 0 Å². The summed E-state index contributed by atoms with van der Waals surface area (Å²) in [5.74, 6) is 1.06. The summed E-state index contributed by atoms with van der Waals surface area (Å²) in [6, 6.07) is 0. The molecular weight excluding hydrogens is 192 g/mol. The van der Waals surface area contributed by atoms with Gasteiger partial charge >= 0.3 is 0 Å². The van der Waals surface area contributed by atoms with Crippen LogP contribution in [0.15, 0.2) is 4.99 Å². The molecule has 0 saturated carbocycles. The van der Waals surface area contributed by atoms with Crippen molar-refractivity contribution in [1.29, 1.82) is 0 Å². The number of carbonyl (C=O) groups is 1. The molecule has 0 aromatic carbocycles. The molecule has 0 spiro atoms. The molecule has 1 fully saturated rings. The second-order valence-electron chi connectivity index (χ2n) is 3.92. The Morgan fingerprint density at radius 1 is 1.67 bits per heavy atom. The quantitative estimate of drug-likeness (QED) is 0.491. The van der Waals surface area contributed by atoms with Crippen LogP contribution in [0.5, 0.6) is 0 Å². The fourth-order valence-electron chi connectivity index (χ4n) is 2.12. The number of nitrogens with one attached hydrogen (secondary N) is 1. The number of piperidine rings is 1. The minimum atomic E-state index is -0.207. The number of carbonyl (C=O) groups excluding carboxylic acids is 1. The van der Waals surface area contributed by atoms with E-state index >= 15 is 0 Å². The normalized spacial score (nSPS) is 22.7. The number of nitrogens with zero attached hydrogens (tertiary/aromatic N) is 2. The second-order valence-corrected chi connectivity index (χ2v) is 3.92. The summed E-state index contributed by atoms with van der Waals surface area (Å²) in [6.07, 6.45) is 2.66.